The smallest absolute Gasteiger partial charge is 0.248 e. The third-order valence-electron chi connectivity index (χ3n) is 3.30. The number of nitrogens with two attached hydrogens (primary N) is 1. The van der Waals surface area contributed by atoms with Gasteiger partial charge in [-0.2, -0.15) is 4.98 Å². The van der Waals surface area contributed by atoms with Gasteiger partial charge in [-0.25, -0.2) is 4.99 Å². The van der Waals surface area contributed by atoms with E-state index in [0.29, 0.717) is 16.7 Å². The number of methoxy groups -OCH3 is 1. The molecule has 1 aromatic heterocycles. The molecular formula is C17H16ClN5O2. The van der Waals surface area contributed by atoms with Gasteiger partial charge in [0.1, 0.15) is 12.3 Å². The van der Waals surface area contributed by atoms with Crippen molar-refractivity contribution in [2.45, 2.75) is 6.54 Å². The molecule has 8 heteroatoms. The van der Waals surface area contributed by atoms with Crippen molar-refractivity contribution in [3.8, 4) is 17.1 Å². The maximum Gasteiger partial charge on any atom is 0.248 e. The average Bonchev–Trinajstić information content (AvgIpc) is 3.10. The second-order valence-corrected chi connectivity index (χ2v) is 5.51. The van der Waals surface area contributed by atoms with Crippen molar-refractivity contribution >= 4 is 23.2 Å². The van der Waals surface area contributed by atoms with Crippen LogP contribution < -0.4 is 15.8 Å². The summed E-state index contributed by atoms with van der Waals surface area (Å²) in [6.07, 6.45) is 0. The van der Waals surface area contributed by atoms with Crippen molar-refractivity contribution in [1.29, 1.82) is 0 Å². The maximum absolute atomic E-state index is 5.96. The summed E-state index contributed by atoms with van der Waals surface area (Å²) in [6, 6.07) is 14.5. The van der Waals surface area contributed by atoms with Crippen molar-refractivity contribution in [3.05, 3.63) is 59.4 Å². The molecule has 2 aromatic carbocycles. The van der Waals surface area contributed by atoms with Gasteiger partial charge in [-0.3, -0.25) is 0 Å². The van der Waals surface area contributed by atoms with Crippen molar-refractivity contribution in [2.24, 2.45) is 10.7 Å². The summed E-state index contributed by atoms with van der Waals surface area (Å²) in [4.78, 5) is 8.47. The van der Waals surface area contributed by atoms with Gasteiger partial charge < -0.3 is 20.3 Å². The van der Waals surface area contributed by atoms with E-state index in [0.717, 1.165) is 17.0 Å². The van der Waals surface area contributed by atoms with E-state index in [4.69, 9.17) is 26.6 Å². The number of anilines is 1. The van der Waals surface area contributed by atoms with Crippen LogP contribution in [0.2, 0.25) is 5.02 Å². The number of hydrogen-bond donors (Lipinski definition) is 2. The van der Waals surface area contributed by atoms with E-state index in [9.17, 15) is 0 Å². The first kappa shape index (κ1) is 16.8. The molecule has 0 aliphatic carbocycles. The molecule has 1 heterocycles. The lowest BCUT2D eigenvalue weighted by molar-refractivity contribution is 0.381. The number of halogens is 1. The highest BCUT2D eigenvalue weighted by molar-refractivity contribution is 6.30. The number of benzene rings is 2. The van der Waals surface area contributed by atoms with Gasteiger partial charge in [0, 0.05) is 16.3 Å². The van der Waals surface area contributed by atoms with Gasteiger partial charge in [-0.15, -0.1) is 0 Å². The molecule has 0 amide bonds. The second-order valence-electron chi connectivity index (χ2n) is 5.08. The normalized spacial score (nSPS) is 11.4. The Morgan fingerprint density at radius 3 is 2.80 bits per heavy atom. The highest BCUT2D eigenvalue weighted by Gasteiger charge is 2.08. The minimum absolute atomic E-state index is 0.169. The molecule has 0 aliphatic heterocycles. The van der Waals surface area contributed by atoms with E-state index >= 15 is 0 Å². The monoisotopic (exact) mass is 357 g/mol. The number of nitrogens with zero attached hydrogens (tertiary/aromatic N) is 3. The Morgan fingerprint density at radius 1 is 1.28 bits per heavy atom. The molecule has 3 aromatic rings. The zero-order chi connectivity index (χ0) is 17.6. The first-order chi connectivity index (χ1) is 12.1. The Kier molecular flexibility index (Phi) is 5.15. The molecule has 0 unspecified atom stereocenters. The number of nitrogens with one attached hydrogen (secondary N) is 1. The molecule has 3 N–H and O–H groups in total. The number of hydrogen-bond acceptors (Lipinski definition) is 5. The molecule has 0 spiro atoms. The SMILES string of the molecule is COc1ccc(NC(N)=NCc2nc(-c3cccc(Cl)c3)no2)cc1. The van der Waals surface area contributed by atoms with Crippen LogP contribution in [0.3, 0.4) is 0 Å². The lowest BCUT2D eigenvalue weighted by atomic mass is 10.2. The molecule has 0 atom stereocenters. The van der Waals surface area contributed by atoms with Gasteiger partial charge >= 0.3 is 0 Å². The topological polar surface area (TPSA) is 98.6 Å². The van der Waals surface area contributed by atoms with Crippen molar-refractivity contribution in [2.75, 3.05) is 12.4 Å². The van der Waals surface area contributed by atoms with Crippen LogP contribution in [0.5, 0.6) is 5.75 Å². The van der Waals surface area contributed by atoms with Crippen LogP contribution in [0.15, 0.2) is 58.0 Å². The molecule has 7 nitrogen and oxygen atoms in total. The Bertz CT molecular complexity index is 877. The van der Waals surface area contributed by atoms with Crippen molar-refractivity contribution in [1.82, 2.24) is 10.1 Å². The quantitative estimate of drug-likeness (QED) is 0.537. The third-order valence-corrected chi connectivity index (χ3v) is 3.53. The number of rotatable bonds is 5. The van der Waals surface area contributed by atoms with Crippen LogP contribution in [-0.2, 0) is 6.54 Å². The fraction of sp³-hybridized carbons (Fsp3) is 0.118. The van der Waals surface area contributed by atoms with Crippen molar-refractivity contribution in [3.63, 3.8) is 0 Å². The summed E-state index contributed by atoms with van der Waals surface area (Å²) in [6.45, 7) is 0.169. The lowest BCUT2D eigenvalue weighted by Crippen LogP contribution is -2.22. The standard InChI is InChI=1S/C17H16ClN5O2/c1-24-14-7-5-13(6-8-14)21-17(19)20-10-15-22-16(23-25-15)11-3-2-4-12(18)9-11/h2-9H,10H2,1H3,(H3,19,20,21). The zero-order valence-corrected chi connectivity index (χ0v) is 14.2. The summed E-state index contributed by atoms with van der Waals surface area (Å²) in [5.74, 6) is 1.82. The lowest BCUT2D eigenvalue weighted by Gasteiger charge is -2.05. The van der Waals surface area contributed by atoms with Crippen LogP contribution in [0, 0.1) is 0 Å². The summed E-state index contributed by atoms with van der Waals surface area (Å²) in [5, 5.41) is 7.50. The molecule has 0 saturated heterocycles. The minimum atomic E-state index is 0.169. The fourth-order valence-electron chi connectivity index (χ4n) is 2.08. The van der Waals surface area contributed by atoms with Crippen LogP contribution in [0.1, 0.15) is 5.89 Å². The first-order valence-electron chi connectivity index (χ1n) is 7.43. The summed E-state index contributed by atoms with van der Waals surface area (Å²) < 4.78 is 10.3. The molecule has 3 rings (SSSR count). The van der Waals surface area contributed by atoms with E-state index in [-0.39, 0.29) is 12.5 Å². The molecule has 0 aliphatic rings. The van der Waals surface area contributed by atoms with Crippen molar-refractivity contribution < 1.29 is 9.26 Å². The largest absolute Gasteiger partial charge is 0.497 e. The van der Waals surface area contributed by atoms with Crippen LogP contribution >= 0.6 is 11.6 Å². The molecule has 128 valence electrons. The van der Waals surface area contributed by atoms with E-state index in [1.807, 2.05) is 36.4 Å². The van der Waals surface area contributed by atoms with E-state index in [1.54, 1.807) is 19.2 Å². The Hall–Kier alpha value is -3.06. The predicted molar refractivity (Wildman–Crippen MR) is 96.7 cm³/mol. The fourth-order valence-corrected chi connectivity index (χ4v) is 2.27. The Balaban J connectivity index is 1.63. The second kappa shape index (κ2) is 7.67. The molecule has 25 heavy (non-hydrogen) atoms. The van der Waals surface area contributed by atoms with Crippen LogP contribution in [-0.4, -0.2) is 23.2 Å². The Labute approximate surface area is 149 Å². The highest BCUT2D eigenvalue weighted by atomic mass is 35.5. The summed E-state index contributed by atoms with van der Waals surface area (Å²) in [5.41, 5.74) is 7.43. The molecule has 0 radical (unpaired) electrons. The number of ether oxygens (including phenoxy) is 1. The van der Waals surface area contributed by atoms with Gasteiger partial charge in [0.15, 0.2) is 5.96 Å². The number of aliphatic imine (C=N–C) groups is 1. The maximum atomic E-state index is 5.96. The van der Waals surface area contributed by atoms with Crippen LogP contribution in [0.4, 0.5) is 5.69 Å². The van der Waals surface area contributed by atoms with E-state index < -0.39 is 0 Å². The predicted octanol–water partition coefficient (Wildman–Crippen LogP) is 3.33. The van der Waals surface area contributed by atoms with Gasteiger partial charge in [-0.05, 0) is 36.4 Å². The van der Waals surface area contributed by atoms with Crippen LogP contribution in [0.25, 0.3) is 11.4 Å². The minimum Gasteiger partial charge on any atom is -0.497 e. The molecular weight excluding hydrogens is 342 g/mol. The number of guanidine groups is 1. The van der Waals surface area contributed by atoms with E-state index in [1.165, 1.54) is 0 Å². The number of aromatic nitrogens is 2. The first-order valence-corrected chi connectivity index (χ1v) is 7.81. The summed E-state index contributed by atoms with van der Waals surface area (Å²) >= 11 is 5.96. The van der Waals surface area contributed by atoms with E-state index in [2.05, 4.69) is 20.4 Å². The third kappa shape index (κ3) is 4.48. The zero-order valence-electron chi connectivity index (χ0n) is 13.4. The van der Waals surface area contributed by atoms with Gasteiger partial charge in [0.05, 0.1) is 7.11 Å². The van der Waals surface area contributed by atoms with Gasteiger partial charge in [-0.1, -0.05) is 28.9 Å². The highest BCUT2D eigenvalue weighted by Crippen LogP contribution is 2.20. The van der Waals surface area contributed by atoms with Gasteiger partial charge in [0.2, 0.25) is 11.7 Å². The average molecular weight is 358 g/mol. The molecule has 0 bridgehead atoms. The molecule has 0 fully saturated rings. The molecule has 0 saturated carbocycles. The summed E-state index contributed by atoms with van der Waals surface area (Å²) in [7, 11) is 1.61. The van der Waals surface area contributed by atoms with Gasteiger partial charge in [0.25, 0.3) is 0 Å². The Morgan fingerprint density at radius 2 is 2.08 bits per heavy atom.